The summed E-state index contributed by atoms with van der Waals surface area (Å²) in [5, 5.41) is 0. The Bertz CT molecular complexity index is 483. The fourth-order valence-electron chi connectivity index (χ4n) is 2.19. The van der Waals surface area contributed by atoms with E-state index in [0.717, 1.165) is 23.8 Å². The van der Waals surface area contributed by atoms with Gasteiger partial charge in [-0.15, -0.1) is 0 Å². The van der Waals surface area contributed by atoms with E-state index in [4.69, 9.17) is 10.5 Å². The van der Waals surface area contributed by atoms with Crippen LogP contribution < -0.4 is 10.5 Å². The van der Waals surface area contributed by atoms with Gasteiger partial charge in [0.2, 0.25) is 0 Å². The molecule has 0 amide bonds. The molecule has 0 radical (unpaired) electrons. The molecule has 0 saturated heterocycles. The van der Waals surface area contributed by atoms with E-state index in [-0.39, 0.29) is 0 Å². The van der Waals surface area contributed by atoms with E-state index < -0.39 is 0 Å². The van der Waals surface area contributed by atoms with Gasteiger partial charge >= 0.3 is 0 Å². The maximum atomic E-state index is 5.45. The van der Waals surface area contributed by atoms with Gasteiger partial charge in [0.15, 0.2) is 0 Å². The predicted octanol–water partition coefficient (Wildman–Crippen LogP) is 1.85. The summed E-state index contributed by atoms with van der Waals surface area (Å²) in [4.78, 5) is 2.36. The molecule has 1 aliphatic rings. The summed E-state index contributed by atoms with van der Waals surface area (Å²) in [7, 11) is 3.86. The Balaban J connectivity index is 2.13. The lowest BCUT2D eigenvalue weighted by Gasteiger charge is -2.17. The van der Waals surface area contributed by atoms with E-state index in [0.29, 0.717) is 6.54 Å². The number of benzene rings is 1. The normalized spacial score (nSPS) is 14.1. The second kappa shape index (κ2) is 6.60. The lowest BCUT2D eigenvalue weighted by molar-refractivity contribution is 0.312. The second-order valence-corrected chi connectivity index (χ2v) is 5.17. The van der Waals surface area contributed by atoms with Gasteiger partial charge in [0.1, 0.15) is 5.75 Å². The van der Waals surface area contributed by atoms with Crippen molar-refractivity contribution in [2.75, 3.05) is 27.2 Å². The van der Waals surface area contributed by atoms with Crippen molar-refractivity contribution >= 4 is 0 Å². The summed E-state index contributed by atoms with van der Waals surface area (Å²) < 4.78 is 5.30. The third kappa shape index (κ3) is 4.27. The van der Waals surface area contributed by atoms with Crippen molar-refractivity contribution in [3.05, 3.63) is 29.3 Å². The molecule has 1 fully saturated rings. The Kier molecular flexibility index (Phi) is 4.84. The Morgan fingerprint density at radius 1 is 1.42 bits per heavy atom. The summed E-state index contributed by atoms with van der Waals surface area (Å²) in [6, 6.07) is 6.04. The number of nitrogens with two attached hydrogens (primary N) is 1. The van der Waals surface area contributed by atoms with Crippen LogP contribution in [-0.2, 0) is 6.54 Å². The highest BCUT2D eigenvalue weighted by Crippen LogP contribution is 2.30. The van der Waals surface area contributed by atoms with Crippen LogP contribution in [0.25, 0.3) is 0 Å². The Hall–Kier alpha value is -1.50. The molecule has 1 aromatic carbocycles. The molecule has 102 valence electrons. The van der Waals surface area contributed by atoms with Crippen molar-refractivity contribution < 1.29 is 4.74 Å². The number of ether oxygens (including phenoxy) is 1. The zero-order chi connectivity index (χ0) is 13.7. The third-order valence-electron chi connectivity index (χ3n) is 3.34. The van der Waals surface area contributed by atoms with Gasteiger partial charge in [-0.3, -0.25) is 0 Å². The molecule has 3 nitrogen and oxygen atoms in total. The highest BCUT2D eigenvalue weighted by atomic mass is 16.5. The standard InChI is InChI=1S/C16H22N2O/c1-18(11-13-5-6-13)12-15-10-16(19-2)8-7-14(15)4-3-9-17/h7-8,10,13H,5-6,9,11-12,17H2,1-2H3. The topological polar surface area (TPSA) is 38.5 Å². The third-order valence-corrected chi connectivity index (χ3v) is 3.34. The molecule has 2 N–H and O–H groups in total. The molecule has 3 heteroatoms. The van der Waals surface area contributed by atoms with Crippen molar-refractivity contribution in [2.45, 2.75) is 19.4 Å². The van der Waals surface area contributed by atoms with Crippen molar-refractivity contribution in [1.82, 2.24) is 4.90 Å². The van der Waals surface area contributed by atoms with E-state index in [1.165, 1.54) is 24.9 Å². The lowest BCUT2D eigenvalue weighted by Crippen LogP contribution is -2.21. The molecule has 1 aliphatic carbocycles. The predicted molar refractivity (Wildman–Crippen MR) is 78.0 cm³/mol. The molecule has 1 saturated carbocycles. The van der Waals surface area contributed by atoms with E-state index in [1.807, 2.05) is 12.1 Å². The van der Waals surface area contributed by atoms with Gasteiger partial charge < -0.3 is 15.4 Å². The lowest BCUT2D eigenvalue weighted by atomic mass is 10.1. The fraction of sp³-hybridized carbons (Fsp3) is 0.500. The van der Waals surface area contributed by atoms with E-state index in [2.05, 4.69) is 29.9 Å². The van der Waals surface area contributed by atoms with Crippen LogP contribution in [0.3, 0.4) is 0 Å². The zero-order valence-electron chi connectivity index (χ0n) is 11.8. The van der Waals surface area contributed by atoms with Crippen LogP contribution in [0.2, 0.25) is 0 Å². The molecule has 0 spiro atoms. The average molecular weight is 258 g/mol. The van der Waals surface area contributed by atoms with Crippen molar-refractivity contribution in [1.29, 1.82) is 0 Å². The van der Waals surface area contributed by atoms with Crippen LogP contribution in [0.5, 0.6) is 5.75 Å². The first-order valence-electron chi connectivity index (χ1n) is 6.77. The minimum atomic E-state index is 0.392. The first-order valence-corrected chi connectivity index (χ1v) is 6.77. The second-order valence-electron chi connectivity index (χ2n) is 5.17. The number of nitrogens with zero attached hydrogens (tertiary/aromatic N) is 1. The molecule has 2 rings (SSSR count). The van der Waals surface area contributed by atoms with Crippen LogP contribution in [-0.4, -0.2) is 32.1 Å². The largest absolute Gasteiger partial charge is 0.497 e. The molecule has 0 bridgehead atoms. The summed E-state index contributed by atoms with van der Waals surface area (Å²) >= 11 is 0. The van der Waals surface area contributed by atoms with Crippen LogP contribution in [0.1, 0.15) is 24.0 Å². The Morgan fingerprint density at radius 3 is 2.84 bits per heavy atom. The minimum absolute atomic E-state index is 0.392. The van der Waals surface area contributed by atoms with Gasteiger partial charge in [-0.2, -0.15) is 0 Å². The maximum absolute atomic E-state index is 5.45. The van der Waals surface area contributed by atoms with Crippen LogP contribution in [0, 0.1) is 17.8 Å². The fourth-order valence-corrected chi connectivity index (χ4v) is 2.19. The van der Waals surface area contributed by atoms with Crippen LogP contribution in [0.15, 0.2) is 18.2 Å². The van der Waals surface area contributed by atoms with Gasteiger partial charge in [-0.1, -0.05) is 11.8 Å². The highest BCUT2D eigenvalue weighted by molar-refractivity contribution is 5.45. The number of hydrogen-bond donors (Lipinski definition) is 1. The van der Waals surface area contributed by atoms with E-state index in [9.17, 15) is 0 Å². The molecule has 19 heavy (non-hydrogen) atoms. The number of methoxy groups -OCH3 is 1. The first kappa shape index (κ1) is 13.9. The number of hydrogen-bond acceptors (Lipinski definition) is 3. The number of rotatable bonds is 5. The molecule has 0 atom stereocenters. The maximum Gasteiger partial charge on any atom is 0.119 e. The van der Waals surface area contributed by atoms with E-state index >= 15 is 0 Å². The molecular weight excluding hydrogens is 236 g/mol. The monoisotopic (exact) mass is 258 g/mol. The highest BCUT2D eigenvalue weighted by Gasteiger charge is 2.22. The molecule has 0 aromatic heterocycles. The summed E-state index contributed by atoms with van der Waals surface area (Å²) in [5.41, 5.74) is 7.71. The van der Waals surface area contributed by atoms with Gasteiger partial charge in [-0.05, 0) is 49.6 Å². The van der Waals surface area contributed by atoms with Gasteiger partial charge in [0.25, 0.3) is 0 Å². The van der Waals surface area contributed by atoms with Gasteiger partial charge in [-0.25, -0.2) is 0 Å². The van der Waals surface area contributed by atoms with Crippen LogP contribution >= 0.6 is 0 Å². The van der Waals surface area contributed by atoms with Crippen molar-refractivity contribution in [3.8, 4) is 17.6 Å². The van der Waals surface area contributed by atoms with Gasteiger partial charge in [0, 0.05) is 18.7 Å². The first-order chi connectivity index (χ1) is 9.22. The van der Waals surface area contributed by atoms with E-state index in [1.54, 1.807) is 7.11 Å². The molecular formula is C16H22N2O. The molecule has 0 unspecified atom stereocenters. The molecule has 1 aromatic rings. The molecule has 0 aliphatic heterocycles. The smallest absolute Gasteiger partial charge is 0.119 e. The Labute approximate surface area is 115 Å². The summed E-state index contributed by atoms with van der Waals surface area (Å²) in [6.45, 7) is 2.46. The molecule has 0 heterocycles. The SMILES string of the molecule is COc1ccc(C#CCN)c(CN(C)CC2CC2)c1. The van der Waals surface area contributed by atoms with Crippen molar-refractivity contribution in [3.63, 3.8) is 0 Å². The minimum Gasteiger partial charge on any atom is -0.497 e. The summed E-state index contributed by atoms with van der Waals surface area (Å²) in [6.07, 6.45) is 2.75. The van der Waals surface area contributed by atoms with Crippen LogP contribution in [0.4, 0.5) is 0 Å². The quantitative estimate of drug-likeness (QED) is 0.819. The average Bonchev–Trinajstić information content (AvgIpc) is 3.21. The summed E-state index contributed by atoms with van der Waals surface area (Å²) in [5.74, 6) is 7.85. The Morgan fingerprint density at radius 2 is 2.21 bits per heavy atom. The van der Waals surface area contributed by atoms with Gasteiger partial charge in [0.05, 0.1) is 13.7 Å². The zero-order valence-corrected chi connectivity index (χ0v) is 11.8. The van der Waals surface area contributed by atoms with Crippen molar-refractivity contribution in [2.24, 2.45) is 11.7 Å².